The summed E-state index contributed by atoms with van der Waals surface area (Å²) in [4.78, 5) is 3.49. The van der Waals surface area contributed by atoms with Crippen molar-refractivity contribution in [3.63, 3.8) is 0 Å². The van der Waals surface area contributed by atoms with Gasteiger partial charge in [0.2, 0.25) is 5.69 Å². The molecule has 2 rings (SSSR count). The van der Waals surface area contributed by atoms with Crippen LogP contribution < -0.4 is 0 Å². The van der Waals surface area contributed by atoms with Crippen LogP contribution in [0.1, 0.15) is 26.3 Å². The fourth-order valence-electron chi connectivity index (χ4n) is 2.18. The molecule has 0 saturated carbocycles. The van der Waals surface area contributed by atoms with Gasteiger partial charge in [-0.2, -0.15) is 0 Å². The predicted molar refractivity (Wildman–Crippen MR) is 62.3 cm³/mol. The lowest BCUT2D eigenvalue weighted by Gasteiger charge is -2.14. The normalized spacial score (nSPS) is 17.5. The van der Waals surface area contributed by atoms with Crippen molar-refractivity contribution in [2.75, 3.05) is 7.05 Å². The van der Waals surface area contributed by atoms with Crippen LogP contribution in [0, 0.1) is 6.57 Å². The topological polar surface area (TPSA) is 7.37 Å². The molecule has 1 heterocycles. The van der Waals surface area contributed by atoms with Crippen LogP contribution in [0.2, 0.25) is 0 Å². The maximum Gasteiger partial charge on any atom is 0.206 e. The number of fused-ring (bicyclic) bond motifs is 1. The van der Waals surface area contributed by atoms with Crippen LogP contribution in [0.3, 0.4) is 0 Å². The number of hydrogen-bond acceptors (Lipinski definition) is 0. The molecule has 0 bridgehead atoms. The van der Waals surface area contributed by atoms with E-state index in [9.17, 15) is 0 Å². The van der Waals surface area contributed by atoms with Crippen LogP contribution in [-0.4, -0.2) is 17.3 Å². The fourth-order valence-corrected chi connectivity index (χ4v) is 2.18. The summed E-state index contributed by atoms with van der Waals surface area (Å²) in [5, 5.41) is 0. The van der Waals surface area contributed by atoms with Gasteiger partial charge in [0, 0.05) is 12.5 Å². The molecule has 0 radical (unpaired) electrons. The summed E-state index contributed by atoms with van der Waals surface area (Å²) in [6.45, 7) is 13.6. The molecule has 0 atom stereocenters. The summed E-state index contributed by atoms with van der Waals surface area (Å²) < 4.78 is 2.21. The zero-order valence-electron chi connectivity index (χ0n) is 9.63. The molecule has 0 amide bonds. The van der Waals surface area contributed by atoms with E-state index in [1.165, 1.54) is 17.0 Å². The van der Waals surface area contributed by atoms with Gasteiger partial charge in [0.25, 0.3) is 0 Å². The molecule has 0 N–H and O–H groups in total. The molecule has 1 aromatic rings. The van der Waals surface area contributed by atoms with Gasteiger partial charge in [-0.1, -0.05) is 0 Å². The van der Waals surface area contributed by atoms with Gasteiger partial charge in [-0.05, 0) is 32.0 Å². The molecule has 1 aromatic carbocycles. The summed E-state index contributed by atoms with van der Waals surface area (Å²) in [5.41, 5.74) is 4.59. The minimum Gasteiger partial charge on any atom is -0.238 e. The molecule has 0 aromatic heterocycles. The van der Waals surface area contributed by atoms with E-state index in [1.807, 2.05) is 18.2 Å². The molecule has 1 aliphatic heterocycles. The SMILES string of the molecule is [C-]#[N+]c1ccc2c(c1)C(C)(C)C(C)=[N+]2C. The second kappa shape index (κ2) is 2.93. The summed E-state index contributed by atoms with van der Waals surface area (Å²) in [6.07, 6.45) is 0. The highest BCUT2D eigenvalue weighted by molar-refractivity contribution is 5.93. The first-order valence-electron chi connectivity index (χ1n) is 5.08. The van der Waals surface area contributed by atoms with Gasteiger partial charge in [0.1, 0.15) is 7.05 Å². The molecule has 0 spiro atoms. The summed E-state index contributed by atoms with van der Waals surface area (Å²) in [6, 6.07) is 5.94. The van der Waals surface area contributed by atoms with E-state index >= 15 is 0 Å². The highest BCUT2D eigenvalue weighted by atomic mass is 15.0. The van der Waals surface area contributed by atoms with Crippen molar-refractivity contribution in [3.8, 4) is 0 Å². The first-order chi connectivity index (χ1) is 6.98. The Morgan fingerprint density at radius 2 is 2.00 bits per heavy atom. The van der Waals surface area contributed by atoms with Crippen LogP contribution in [0.4, 0.5) is 11.4 Å². The molecule has 15 heavy (non-hydrogen) atoms. The van der Waals surface area contributed by atoms with Crippen molar-refractivity contribution >= 4 is 17.1 Å². The lowest BCUT2D eigenvalue weighted by molar-refractivity contribution is -0.403. The van der Waals surface area contributed by atoms with E-state index in [0.29, 0.717) is 0 Å². The van der Waals surface area contributed by atoms with Crippen molar-refractivity contribution in [3.05, 3.63) is 35.2 Å². The lowest BCUT2D eigenvalue weighted by atomic mass is 9.82. The summed E-state index contributed by atoms with van der Waals surface area (Å²) in [5.74, 6) is 0. The quantitative estimate of drug-likeness (QED) is 0.447. The zero-order chi connectivity index (χ0) is 11.2. The number of rotatable bonds is 0. The molecule has 1 aliphatic rings. The summed E-state index contributed by atoms with van der Waals surface area (Å²) >= 11 is 0. The van der Waals surface area contributed by atoms with E-state index in [2.05, 4.69) is 37.2 Å². The average Bonchev–Trinajstić information content (AvgIpc) is 2.40. The Balaban J connectivity index is 2.72. The Labute approximate surface area is 90.7 Å². The van der Waals surface area contributed by atoms with Crippen LogP contribution in [-0.2, 0) is 5.41 Å². The third-order valence-corrected chi connectivity index (χ3v) is 3.55. The largest absolute Gasteiger partial charge is 0.238 e. The van der Waals surface area contributed by atoms with Gasteiger partial charge < -0.3 is 0 Å². The van der Waals surface area contributed by atoms with Crippen molar-refractivity contribution in [1.29, 1.82) is 0 Å². The molecule has 76 valence electrons. The van der Waals surface area contributed by atoms with Crippen molar-refractivity contribution in [2.24, 2.45) is 0 Å². The average molecular weight is 199 g/mol. The van der Waals surface area contributed by atoms with E-state index in [1.54, 1.807) is 0 Å². The van der Waals surface area contributed by atoms with E-state index < -0.39 is 0 Å². The fraction of sp³-hybridized carbons (Fsp3) is 0.385. The van der Waals surface area contributed by atoms with Crippen LogP contribution in [0.5, 0.6) is 0 Å². The number of nitrogens with zero attached hydrogens (tertiary/aromatic N) is 2. The number of benzene rings is 1. The van der Waals surface area contributed by atoms with Gasteiger partial charge in [-0.15, -0.1) is 0 Å². The highest BCUT2D eigenvalue weighted by Crippen LogP contribution is 2.40. The predicted octanol–water partition coefficient (Wildman–Crippen LogP) is 3.26. The van der Waals surface area contributed by atoms with E-state index in [4.69, 9.17) is 6.57 Å². The second-order valence-corrected chi connectivity index (χ2v) is 4.58. The molecular weight excluding hydrogens is 184 g/mol. The molecule has 2 heteroatoms. The molecule has 0 unspecified atom stereocenters. The van der Waals surface area contributed by atoms with Crippen LogP contribution in [0.15, 0.2) is 18.2 Å². The van der Waals surface area contributed by atoms with Gasteiger partial charge in [-0.3, -0.25) is 0 Å². The summed E-state index contributed by atoms with van der Waals surface area (Å²) in [7, 11) is 2.08. The maximum atomic E-state index is 7.04. The van der Waals surface area contributed by atoms with Gasteiger partial charge in [0.05, 0.1) is 12.0 Å². The van der Waals surface area contributed by atoms with Crippen molar-refractivity contribution in [2.45, 2.75) is 26.2 Å². The first-order valence-corrected chi connectivity index (χ1v) is 5.08. The third-order valence-electron chi connectivity index (χ3n) is 3.55. The number of hydrogen-bond donors (Lipinski definition) is 0. The Hall–Kier alpha value is -1.62. The van der Waals surface area contributed by atoms with Gasteiger partial charge >= 0.3 is 0 Å². The molecular formula is C13H15N2+. The molecule has 2 nitrogen and oxygen atoms in total. The Kier molecular flexibility index (Phi) is 1.94. The Bertz CT molecular complexity index is 502. The van der Waals surface area contributed by atoms with Crippen molar-refractivity contribution < 1.29 is 4.58 Å². The van der Waals surface area contributed by atoms with E-state index in [0.717, 1.165) is 5.69 Å². The standard InChI is InChI=1S/C13H15N2/c1-9-13(2,3)11-8-10(14-4)6-7-12(11)15(9)5/h6-8H,1-3,5H3/q+1. The zero-order valence-corrected chi connectivity index (χ0v) is 9.63. The monoisotopic (exact) mass is 199 g/mol. The maximum absolute atomic E-state index is 7.04. The lowest BCUT2D eigenvalue weighted by Crippen LogP contribution is -2.25. The van der Waals surface area contributed by atoms with Crippen LogP contribution >= 0.6 is 0 Å². The van der Waals surface area contributed by atoms with Gasteiger partial charge in [-0.25, -0.2) is 9.42 Å². The highest BCUT2D eigenvalue weighted by Gasteiger charge is 2.41. The molecule has 0 fully saturated rings. The molecule has 0 saturated heterocycles. The Morgan fingerprint density at radius 1 is 1.33 bits per heavy atom. The minimum absolute atomic E-state index is 0.0464. The van der Waals surface area contributed by atoms with Gasteiger partial charge in [0.15, 0.2) is 11.4 Å². The smallest absolute Gasteiger partial charge is 0.206 e. The third kappa shape index (κ3) is 1.20. The first kappa shape index (κ1) is 9.92. The minimum atomic E-state index is 0.0464. The molecule has 0 aliphatic carbocycles. The second-order valence-electron chi connectivity index (χ2n) is 4.58. The van der Waals surface area contributed by atoms with E-state index in [-0.39, 0.29) is 5.41 Å². The van der Waals surface area contributed by atoms with Crippen molar-refractivity contribution in [1.82, 2.24) is 0 Å². The Morgan fingerprint density at radius 3 is 2.60 bits per heavy atom. The van der Waals surface area contributed by atoms with Crippen LogP contribution in [0.25, 0.3) is 4.85 Å².